The molecule has 1 aliphatic rings. The average molecular weight is 200 g/mol. The number of ether oxygens (including phenoxy) is 1. The molecule has 1 rings (SSSR count). The van der Waals surface area contributed by atoms with Crippen molar-refractivity contribution >= 4 is 0 Å². The van der Waals surface area contributed by atoms with Crippen LogP contribution in [-0.4, -0.2) is 18.8 Å². The Bertz CT molecular complexity index is 152. The lowest BCUT2D eigenvalue weighted by atomic mass is 9.93. The SMILES string of the molecule is CCCCCC(NN)C1COC(C)C1. The topological polar surface area (TPSA) is 47.3 Å². The number of unbranched alkanes of at least 4 members (excludes halogenated alkanes) is 2. The van der Waals surface area contributed by atoms with Crippen molar-refractivity contribution in [2.45, 2.75) is 58.1 Å². The lowest BCUT2D eigenvalue weighted by molar-refractivity contribution is 0.116. The molecule has 0 amide bonds. The molecule has 1 heterocycles. The van der Waals surface area contributed by atoms with Crippen LogP contribution in [0.25, 0.3) is 0 Å². The molecule has 0 aromatic heterocycles. The van der Waals surface area contributed by atoms with E-state index in [1.165, 1.54) is 25.7 Å². The van der Waals surface area contributed by atoms with Gasteiger partial charge in [0, 0.05) is 12.0 Å². The Kier molecular flexibility index (Phi) is 5.45. The largest absolute Gasteiger partial charge is 0.378 e. The highest BCUT2D eigenvalue weighted by Crippen LogP contribution is 2.24. The van der Waals surface area contributed by atoms with Gasteiger partial charge in [-0.1, -0.05) is 26.2 Å². The fourth-order valence-corrected chi connectivity index (χ4v) is 2.20. The lowest BCUT2D eigenvalue weighted by Gasteiger charge is -2.21. The fourth-order valence-electron chi connectivity index (χ4n) is 2.20. The zero-order valence-corrected chi connectivity index (χ0v) is 9.46. The van der Waals surface area contributed by atoms with E-state index in [1.54, 1.807) is 0 Å². The molecule has 3 heteroatoms. The van der Waals surface area contributed by atoms with E-state index < -0.39 is 0 Å². The van der Waals surface area contributed by atoms with Crippen molar-refractivity contribution in [2.75, 3.05) is 6.61 Å². The van der Waals surface area contributed by atoms with Crippen LogP contribution in [0.3, 0.4) is 0 Å². The summed E-state index contributed by atoms with van der Waals surface area (Å²) in [6.07, 6.45) is 6.61. The van der Waals surface area contributed by atoms with Crippen LogP contribution in [0.4, 0.5) is 0 Å². The summed E-state index contributed by atoms with van der Waals surface area (Å²) < 4.78 is 5.56. The van der Waals surface area contributed by atoms with Gasteiger partial charge in [0.15, 0.2) is 0 Å². The standard InChI is InChI=1S/C11H24N2O/c1-3-4-5-6-11(13-12)10-7-9(2)14-8-10/h9-11,13H,3-8,12H2,1-2H3. The first-order valence-corrected chi connectivity index (χ1v) is 5.85. The molecule has 14 heavy (non-hydrogen) atoms. The molecule has 3 unspecified atom stereocenters. The van der Waals surface area contributed by atoms with Gasteiger partial charge in [-0.2, -0.15) is 0 Å². The summed E-state index contributed by atoms with van der Waals surface area (Å²) in [5, 5.41) is 0. The lowest BCUT2D eigenvalue weighted by Crippen LogP contribution is -2.41. The van der Waals surface area contributed by atoms with E-state index in [2.05, 4.69) is 19.3 Å². The minimum Gasteiger partial charge on any atom is -0.378 e. The third kappa shape index (κ3) is 3.56. The number of hydrazine groups is 1. The third-order valence-electron chi connectivity index (χ3n) is 3.13. The van der Waals surface area contributed by atoms with Crippen molar-refractivity contribution in [3.8, 4) is 0 Å². The van der Waals surface area contributed by atoms with Crippen molar-refractivity contribution in [1.29, 1.82) is 0 Å². The summed E-state index contributed by atoms with van der Waals surface area (Å²) in [5.41, 5.74) is 2.94. The van der Waals surface area contributed by atoms with Crippen LogP contribution in [-0.2, 0) is 4.74 Å². The molecule has 0 spiro atoms. The highest BCUT2D eigenvalue weighted by atomic mass is 16.5. The van der Waals surface area contributed by atoms with Crippen LogP contribution in [0.15, 0.2) is 0 Å². The van der Waals surface area contributed by atoms with Crippen LogP contribution in [0.1, 0.15) is 46.0 Å². The Labute approximate surface area is 87.4 Å². The predicted molar refractivity (Wildman–Crippen MR) is 58.8 cm³/mol. The van der Waals surface area contributed by atoms with Crippen molar-refractivity contribution in [3.63, 3.8) is 0 Å². The van der Waals surface area contributed by atoms with E-state index in [0.29, 0.717) is 18.1 Å². The predicted octanol–water partition coefficient (Wildman–Crippen LogP) is 1.82. The number of hydrogen-bond donors (Lipinski definition) is 2. The van der Waals surface area contributed by atoms with Crippen LogP contribution in [0.2, 0.25) is 0 Å². The quantitative estimate of drug-likeness (QED) is 0.390. The molecular formula is C11H24N2O. The molecule has 1 aliphatic heterocycles. The van der Waals surface area contributed by atoms with Crippen molar-refractivity contribution in [2.24, 2.45) is 11.8 Å². The maximum Gasteiger partial charge on any atom is 0.0551 e. The Balaban J connectivity index is 2.23. The van der Waals surface area contributed by atoms with E-state index in [-0.39, 0.29) is 0 Å². The molecule has 0 bridgehead atoms. The summed E-state index contributed by atoms with van der Waals surface area (Å²) >= 11 is 0. The first kappa shape index (κ1) is 12.0. The Morgan fingerprint density at radius 2 is 2.29 bits per heavy atom. The second-order valence-corrected chi connectivity index (χ2v) is 4.41. The van der Waals surface area contributed by atoms with Gasteiger partial charge in [-0.05, 0) is 19.8 Å². The molecule has 0 aliphatic carbocycles. The normalized spacial score (nSPS) is 29.4. The first-order chi connectivity index (χ1) is 6.77. The maximum atomic E-state index is 5.57. The molecule has 0 saturated carbocycles. The van der Waals surface area contributed by atoms with Crippen LogP contribution in [0.5, 0.6) is 0 Å². The van der Waals surface area contributed by atoms with Crippen molar-refractivity contribution in [3.05, 3.63) is 0 Å². The van der Waals surface area contributed by atoms with Crippen molar-refractivity contribution in [1.82, 2.24) is 5.43 Å². The van der Waals surface area contributed by atoms with Gasteiger partial charge in [-0.3, -0.25) is 11.3 Å². The van der Waals surface area contributed by atoms with E-state index in [1.807, 2.05) is 0 Å². The van der Waals surface area contributed by atoms with Gasteiger partial charge in [0.1, 0.15) is 0 Å². The number of nitrogens with one attached hydrogen (secondary N) is 1. The number of nitrogens with two attached hydrogens (primary N) is 1. The molecule has 1 fully saturated rings. The fraction of sp³-hybridized carbons (Fsp3) is 1.00. The van der Waals surface area contributed by atoms with Gasteiger partial charge in [0.2, 0.25) is 0 Å². The van der Waals surface area contributed by atoms with Crippen molar-refractivity contribution < 1.29 is 4.74 Å². The van der Waals surface area contributed by atoms with Gasteiger partial charge in [-0.25, -0.2) is 0 Å². The van der Waals surface area contributed by atoms with Gasteiger partial charge in [0.05, 0.1) is 12.7 Å². The summed E-state index contributed by atoms with van der Waals surface area (Å²) in [7, 11) is 0. The molecule has 84 valence electrons. The monoisotopic (exact) mass is 200 g/mol. The van der Waals surface area contributed by atoms with E-state index in [4.69, 9.17) is 10.6 Å². The maximum absolute atomic E-state index is 5.57. The van der Waals surface area contributed by atoms with Gasteiger partial charge < -0.3 is 4.74 Å². The second-order valence-electron chi connectivity index (χ2n) is 4.41. The summed E-state index contributed by atoms with van der Waals surface area (Å²) in [5.74, 6) is 6.19. The molecule has 0 radical (unpaired) electrons. The van der Waals surface area contributed by atoms with Crippen LogP contribution in [0, 0.1) is 5.92 Å². The zero-order valence-electron chi connectivity index (χ0n) is 9.46. The Morgan fingerprint density at radius 3 is 2.79 bits per heavy atom. The highest BCUT2D eigenvalue weighted by Gasteiger charge is 2.28. The number of rotatable bonds is 6. The molecular weight excluding hydrogens is 176 g/mol. The first-order valence-electron chi connectivity index (χ1n) is 5.85. The van der Waals surface area contributed by atoms with E-state index in [9.17, 15) is 0 Å². The molecule has 1 saturated heterocycles. The van der Waals surface area contributed by atoms with Gasteiger partial charge in [-0.15, -0.1) is 0 Å². The average Bonchev–Trinajstić information content (AvgIpc) is 2.60. The van der Waals surface area contributed by atoms with E-state index >= 15 is 0 Å². The third-order valence-corrected chi connectivity index (χ3v) is 3.13. The Hall–Kier alpha value is -0.120. The summed E-state index contributed by atoms with van der Waals surface area (Å²) in [6, 6.07) is 0.450. The number of hydrogen-bond acceptors (Lipinski definition) is 3. The molecule has 0 aromatic carbocycles. The molecule has 0 aromatic rings. The van der Waals surface area contributed by atoms with Gasteiger partial charge in [0.25, 0.3) is 0 Å². The molecule has 3 nitrogen and oxygen atoms in total. The minimum absolute atomic E-state index is 0.419. The smallest absolute Gasteiger partial charge is 0.0551 e. The highest BCUT2D eigenvalue weighted by molar-refractivity contribution is 4.80. The van der Waals surface area contributed by atoms with Crippen LogP contribution < -0.4 is 11.3 Å². The van der Waals surface area contributed by atoms with Gasteiger partial charge >= 0.3 is 0 Å². The summed E-state index contributed by atoms with van der Waals surface area (Å²) in [6.45, 7) is 5.24. The van der Waals surface area contributed by atoms with E-state index in [0.717, 1.165) is 13.0 Å². The molecule has 3 atom stereocenters. The zero-order chi connectivity index (χ0) is 10.4. The minimum atomic E-state index is 0.419. The summed E-state index contributed by atoms with van der Waals surface area (Å²) in [4.78, 5) is 0. The molecule has 3 N–H and O–H groups in total. The Morgan fingerprint density at radius 1 is 1.50 bits per heavy atom. The van der Waals surface area contributed by atoms with Crippen LogP contribution >= 0.6 is 0 Å². The second kappa shape index (κ2) is 6.38.